The summed E-state index contributed by atoms with van der Waals surface area (Å²) in [5.41, 5.74) is 0.00716. The highest BCUT2D eigenvalue weighted by atomic mass is 32.1. The van der Waals surface area contributed by atoms with E-state index in [1.165, 1.54) is 4.90 Å². The fourth-order valence-electron chi connectivity index (χ4n) is 2.50. The van der Waals surface area contributed by atoms with Crippen LogP contribution in [0.25, 0.3) is 0 Å². The lowest BCUT2D eigenvalue weighted by Crippen LogP contribution is -2.56. The Labute approximate surface area is 113 Å². The van der Waals surface area contributed by atoms with Crippen molar-refractivity contribution in [3.05, 3.63) is 0 Å². The average molecular weight is 272 g/mol. The maximum absolute atomic E-state index is 11.9. The van der Waals surface area contributed by atoms with Gasteiger partial charge in [-0.15, -0.1) is 0 Å². The fraction of sp³-hybridized carbons (Fsp3) is 0.833. The first-order valence-electron chi connectivity index (χ1n) is 6.31. The molecule has 6 heteroatoms. The number of carbonyl (C=O) groups is 2. The van der Waals surface area contributed by atoms with Crippen LogP contribution in [0, 0.1) is 5.41 Å². The zero-order chi connectivity index (χ0) is 13.2. The van der Waals surface area contributed by atoms with Crippen LogP contribution in [-0.4, -0.2) is 67.3 Å². The van der Waals surface area contributed by atoms with Crippen LogP contribution in [-0.2, 0) is 14.3 Å². The van der Waals surface area contributed by atoms with E-state index in [2.05, 4.69) is 12.6 Å². The Morgan fingerprint density at radius 1 is 1.22 bits per heavy atom. The zero-order valence-corrected chi connectivity index (χ0v) is 11.6. The first kappa shape index (κ1) is 13.7. The van der Waals surface area contributed by atoms with E-state index in [-0.39, 0.29) is 11.3 Å². The van der Waals surface area contributed by atoms with Crippen LogP contribution in [0.1, 0.15) is 12.8 Å². The van der Waals surface area contributed by atoms with E-state index in [4.69, 9.17) is 4.74 Å². The van der Waals surface area contributed by atoms with Gasteiger partial charge in [-0.05, 0) is 18.6 Å². The fourth-order valence-corrected chi connectivity index (χ4v) is 2.91. The molecular weight excluding hydrogens is 252 g/mol. The topological polar surface area (TPSA) is 49.9 Å². The molecule has 102 valence electrons. The maximum Gasteiger partial charge on any atom is 0.312 e. The molecular formula is C12H20N2O3S. The minimum atomic E-state index is -0.400. The van der Waals surface area contributed by atoms with Gasteiger partial charge in [0.2, 0.25) is 0 Å². The van der Waals surface area contributed by atoms with Crippen LogP contribution in [0.5, 0.6) is 0 Å². The van der Waals surface area contributed by atoms with Gasteiger partial charge >= 0.3 is 11.8 Å². The van der Waals surface area contributed by atoms with Crippen LogP contribution in [0.2, 0.25) is 0 Å². The lowest BCUT2D eigenvalue weighted by Gasteiger charge is -2.42. The predicted octanol–water partition coefficient (Wildman–Crippen LogP) is 0.0136. The minimum Gasteiger partial charge on any atom is -0.381 e. The minimum absolute atomic E-state index is 0.00716. The number of piperazine rings is 1. The second-order valence-corrected chi connectivity index (χ2v) is 5.54. The van der Waals surface area contributed by atoms with Crippen LogP contribution in [0.4, 0.5) is 0 Å². The molecule has 2 amide bonds. The zero-order valence-electron chi connectivity index (χ0n) is 10.7. The highest BCUT2D eigenvalue weighted by Gasteiger charge is 2.38. The Morgan fingerprint density at radius 2 is 1.89 bits per heavy atom. The van der Waals surface area contributed by atoms with Crippen LogP contribution in [0.3, 0.4) is 0 Å². The highest BCUT2D eigenvalue weighted by molar-refractivity contribution is 7.80. The highest BCUT2D eigenvalue weighted by Crippen LogP contribution is 2.33. The summed E-state index contributed by atoms with van der Waals surface area (Å²) in [6, 6.07) is 0. The Morgan fingerprint density at radius 3 is 2.50 bits per heavy atom. The molecule has 0 aromatic carbocycles. The van der Waals surface area contributed by atoms with E-state index in [1.807, 2.05) is 0 Å². The average Bonchev–Trinajstić information content (AvgIpc) is 2.41. The molecule has 0 spiro atoms. The molecule has 2 fully saturated rings. The summed E-state index contributed by atoms with van der Waals surface area (Å²) in [7, 11) is 1.67. The molecule has 2 heterocycles. The summed E-state index contributed by atoms with van der Waals surface area (Å²) < 4.78 is 5.37. The van der Waals surface area contributed by atoms with Gasteiger partial charge in [-0.2, -0.15) is 12.6 Å². The third-order valence-corrected chi connectivity index (χ3v) is 4.61. The number of hydrogen-bond acceptors (Lipinski definition) is 4. The van der Waals surface area contributed by atoms with Gasteiger partial charge in [-0.25, -0.2) is 0 Å². The molecule has 0 aromatic rings. The molecule has 0 atom stereocenters. The number of likely N-dealkylation sites (N-methyl/N-ethyl adjacent to an activating group) is 1. The number of rotatable bonds is 3. The van der Waals surface area contributed by atoms with Gasteiger partial charge in [-0.1, -0.05) is 0 Å². The van der Waals surface area contributed by atoms with Gasteiger partial charge in [0.25, 0.3) is 0 Å². The quantitative estimate of drug-likeness (QED) is 0.582. The van der Waals surface area contributed by atoms with Gasteiger partial charge in [0.15, 0.2) is 0 Å². The van der Waals surface area contributed by atoms with Crippen molar-refractivity contribution >= 4 is 24.4 Å². The number of hydrogen-bond donors (Lipinski definition) is 1. The summed E-state index contributed by atoms with van der Waals surface area (Å²) in [5, 5.41) is 0. The SMILES string of the molecule is CN1CCN(CC2(CS)CCOCC2)C(=O)C1=O. The third-order valence-electron chi connectivity index (χ3n) is 3.94. The van der Waals surface area contributed by atoms with Crippen molar-refractivity contribution in [3.63, 3.8) is 0 Å². The number of nitrogens with zero attached hydrogens (tertiary/aromatic N) is 2. The van der Waals surface area contributed by atoms with Crippen molar-refractivity contribution in [2.45, 2.75) is 12.8 Å². The third kappa shape index (κ3) is 2.64. The number of amides is 2. The smallest absolute Gasteiger partial charge is 0.312 e. The molecule has 0 bridgehead atoms. The van der Waals surface area contributed by atoms with Crippen LogP contribution < -0.4 is 0 Å². The molecule has 0 aliphatic carbocycles. The van der Waals surface area contributed by atoms with Gasteiger partial charge in [-0.3, -0.25) is 9.59 Å². The van der Waals surface area contributed by atoms with Crippen molar-refractivity contribution in [2.24, 2.45) is 5.41 Å². The number of thiol groups is 1. The number of ether oxygens (including phenoxy) is 1. The van der Waals surface area contributed by atoms with Gasteiger partial charge in [0.05, 0.1) is 0 Å². The van der Waals surface area contributed by atoms with Crippen molar-refractivity contribution in [1.29, 1.82) is 0 Å². The summed E-state index contributed by atoms with van der Waals surface area (Å²) >= 11 is 4.43. The van der Waals surface area contributed by atoms with Crippen molar-refractivity contribution < 1.29 is 14.3 Å². The molecule has 2 rings (SSSR count). The molecule has 2 saturated heterocycles. The molecule has 18 heavy (non-hydrogen) atoms. The second-order valence-electron chi connectivity index (χ2n) is 5.22. The van der Waals surface area contributed by atoms with Gasteiger partial charge < -0.3 is 14.5 Å². The molecule has 0 radical (unpaired) electrons. The van der Waals surface area contributed by atoms with E-state index < -0.39 is 5.91 Å². The second kappa shape index (κ2) is 5.48. The van der Waals surface area contributed by atoms with Crippen molar-refractivity contribution in [2.75, 3.05) is 45.6 Å². The maximum atomic E-state index is 11.9. The summed E-state index contributed by atoms with van der Waals surface area (Å²) in [5.74, 6) is -0.0523. The molecule has 2 aliphatic rings. The molecule has 5 nitrogen and oxygen atoms in total. The van der Waals surface area contributed by atoms with Gasteiger partial charge in [0.1, 0.15) is 0 Å². The summed E-state index contributed by atoms with van der Waals surface area (Å²) in [6.07, 6.45) is 1.81. The largest absolute Gasteiger partial charge is 0.381 e. The normalized spacial score (nSPS) is 24.6. The Bertz CT molecular complexity index is 342. The lowest BCUT2D eigenvalue weighted by atomic mass is 9.81. The predicted molar refractivity (Wildman–Crippen MR) is 70.6 cm³/mol. The van der Waals surface area contributed by atoms with E-state index in [9.17, 15) is 9.59 Å². The summed E-state index contributed by atoms with van der Waals surface area (Å²) in [6.45, 7) is 3.30. The van der Waals surface area contributed by atoms with E-state index >= 15 is 0 Å². The number of carbonyl (C=O) groups excluding carboxylic acids is 2. The monoisotopic (exact) mass is 272 g/mol. The van der Waals surface area contributed by atoms with E-state index in [0.717, 1.165) is 31.8 Å². The Kier molecular flexibility index (Phi) is 4.17. The molecule has 0 unspecified atom stereocenters. The molecule has 0 N–H and O–H groups in total. The first-order chi connectivity index (χ1) is 8.58. The molecule has 0 saturated carbocycles. The van der Waals surface area contributed by atoms with Crippen LogP contribution in [0.15, 0.2) is 0 Å². The standard InChI is InChI=1S/C12H20N2O3S/c1-13-4-5-14(11(16)10(13)15)8-12(9-18)2-6-17-7-3-12/h18H,2-9H2,1H3. The van der Waals surface area contributed by atoms with Crippen molar-refractivity contribution in [3.8, 4) is 0 Å². The summed E-state index contributed by atoms with van der Waals surface area (Å²) in [4.78, 5) is 26.8. The lowest BCUT2D eigenvalue weighted by molar-refractivity contribution is -0.156. The Hall–Kier alpha value is -0.750. The molecule has 0 aromatic heterocycles. The molecule has 2 aliphatic heterocycles. The van der Waals surface area contributed by atoms with E-state index in [0.29, 0.717) is 19.6 Å². The Balaban J connectivity index is 2.03. The van der Waals surface area contributed by atoms with Crippen molar-refractivity contribution in [1.82, 2.24) is 9.80 Å². The van der Waals surface area contributed by atoms with Crippen LogP contribution >= 0.6 is 12.6 Å². The van der Waals surface area contributed by atoms with Gasteiger partial charge in [0, 0.05) is 45.3 Å². The first-order valence-corrected chi connectivity index (χ1v) is 6.94. The van der Waals surface area contributed by atoms with E-state index in [1.54, 1.807) is 11.9 Å².